The van der Waals surface area contributed by atoms with Crippen molar-refractivity contribution >= 4 is 34.2 Å². The Morgan fingerprint density at radius 3 is 2.76 bits per heavy atom. The lowest BCUT2D eigenvalue weighted by Gasteiger charge is -2.14. The highest BCUT2D eigenvalue weighted by Crippen LogP contribution is 2.30. The number of rotatable bonds is 3. The number of H-pyrrole nitrogens is 1. The Bertz CT molecular complexity index is 951. The SMILES string of the molecule is O=C(Nc1ccc(F)cc1)[C@@H]1CC(=O)N(c2n[nH]c3ccccc23)C1. The van der Waals surface area contributed by atoms with Gasteiger partial charge in [-0.05, 0) is 36.4 Å². The molecule has 2 amide bonds. The zero-order valence-electron chi connectivity index (χ0n) is 13.2. The minimum absolute atomic E-state index is 0.119. The van der Waals surface area contributed by atoms with Crippen LogP contribution in [0.5, 0.6) is 0 Å². The van der Waals surface area contributed by atoms with E-state index < -0.39 is 5.92 Å². The van der Waals surface area contributed by atoms with E-state index in [2.05, 4.69) is 15.5 Å². The highest BCUT2D eigenvalue weighted by Gasteiger charge is 2.36. The van der Waals surface area contributed by atoms with E-state index in [9.17, 15) is 14.0 Å². The molecule has 1 saturated heterocycles. The lowest BCUT2D eigenvalue weighted by molar-refractivity contribution is -0.122. The van der Waals surface area contributed by atoms with Crippen LogP contribution in [0.2, 0.25) is 0 Å². The third-order valence-electron chi connectivity index (χ3n) is 4.31. The third kappa shape index (κ3) is 2.84. The van der Waals surface area contributed by atoms with Crippen molar-refractivity contribution in [1.29, 1.82) is 0 Å². The molecular weight excluding hydrogens is 323 g/mol. The van der Waals surface area contributed by atoms with Gasteiger partial charge >= 0.3 is 0 Å². The van der Waals surface area contributed by atoms with Crippen LogP contribution in [0.1, 0.15) is 6.42 Å². The number of hydrogen-bond acceptors (Lipinski definition) is 3. The molecule has 2 heterocycles. The quantitative estimate of drug-likeness (QED) is 0.771. The van der Waals surface area contributed by atoms with Crippen LogP contribution in [0.4, 0.5) is 15.9 Å². The van der Waals surface area contributed by atoms with Crippen molar-refractivity contribution in [2.75, 3.05) is 16.8 Å². The minimum atomic E-state index is -0.479. The zero-order chi connectivity index (χ0) is 17.4. The number of fused-ring (bicyclic) bond motifs is 1. The van der Waals surface area contributed by atoms with Gasteiger partial charge in [-0.3, -0.25) is 19.6 Å². The van der Waals surface area contributed by atoms with Crippen LogP contribution in [0.15, 0.2) is 48.5 Å². The van der Waals surface area contributed by atoms with Crippen LogP contribution >= 0.6 is 0 Å². The number of nitrogens with one attached hydrogen (secondary N) is 2. The highest BCUT2D eigenvalue weighted by atomic mass is 19.1. The van der Waals surface area contributed by atoms with Crippen LogP contribution in [0, 0.1) is 11.7 Å². The van der Waals surface area contributed by atoms with Crippen molar-refractivity contribution in [3.8, 4) is 0 Å². The van der Waals surface area contributed by atoms with E-state index in [-0.39, 0.29) is 30.6 Å². The molecule has 0 spiro atoms. The molecular formula is C18H15FN4O2. The fraction of sp³-hybridized carbons (Fsp3) is 0.167. The number of hydrogen-bond donors (Lipinski definition) is 2. The third-order valence-corrected chi connectivity index (χ3v) is 4.31. The number of halogens is 1. The van der Waals surface area contributed by atoms with Crippen molar-refractivity contribution in [3.05, 3.63) is 54.3 Å². The Hall–Kier alpha value is -3.22. The normalized spacial score (nSPS) is 17.2. The number of aromatic amines is 1. The lowest BCUT2D eigenvalue weighted by atomic mass is 10.1. The monoisotopic (exact) mass is 338 g/mol. The first-order chi connectivity index (χ1) is 12.1. The summed E-state index contributed by atoms with van der Waals surface area (Å²) < 4.78 is 12.9. The average molecular weight is 338 g/mol. The van der Waals surface area contributed by atoms with Gasteiger partial charge in [-0.1, -0.05) is 12.1 Å². The van der Waals surface area contributed by atoms with Gasteiger partial charge in [0.1, 0.15) is 5.82 Å². The van der Waals surface area contributed by atoms with Crippen molar-refractivity contribution in [1.82, 2.24) is 10.2 Å². The maximum atomic E-state index is 12.9. The number of aromatic nitrogens is 2. The standard InChI is InChI=1S/C18H15FN4O2/c19-12-5-7-13(8-6-12)20-18(25)11-9-16(24)23(10-11)17-14-3-1-2-4-15(14)21-22-17/h1-8,11H,9-10H2,(H,20,25)(H,21,22)/t11-/m1/s1. The Labute approximate surface area is 142 Å². The summed E-state index contributed by atoms with van der Waals surface area (Å²) in [5.74, 6) is -0.713. The van der Waals surface area contributed by atoms with E-state index >= 15 is 0 Å². The summed E-state index contributed by atoms with van der Waals surface area (Å²) in [7, 11) is 0. The molecule has 0 unspecified atom stereocenters. The first kappa shape index (κ1) is 15.3. The summed E-state index contributed by atoms with van der Waals surface area (Å²) in [6.45, 7) is 0.265. The molecule has 25 heavy (non-hydrogen) atoms. The molecule has 3 aromatic rings. The van der Waals surface area contributed by atoms with Crippen LogP contribution in [-0.4, -0.2) is 28.6 Å². The Morgan fingerprint density at radius 1 is 1.20 bits per heavy atom. The summed E-state index contributed by atoms with van der Waals surface area (Å²) in [6, 6.07) is 13.1. The largest absolute Gasteiger partial charge is 0.326 e. The van der Waals surface area contributed by atoms with E-state index in [4.69, 9.17) is 0 Å². The predicted molar refractivity (Wildman–Crippen MR) is 91.6 cm³/mol. The second-order valence-electron chi connectivity index (χ2n) is 5.99. The average Bonchev–Trinajstić information content (AvgIpc) is 3.20. The molecule has 126 valence electrons. The van der Waals surface area contributed by atoms with Gasteiger partial charge in [-0.25, -0.2) is 4.39 Å². The number of carbonyl (C=O) groups excluding carboxylic acids is 2. The number of amides is 2. The molecule has 2 aromatic carbocycles. The maximum Gasteiger partial charge on any atom is 0.229 e. The van der Waals surface area contributed by atoms with Crippen LogP contribution in [0.25, 0.3) is 10.9 Å². The Kier molecular flexibility index (Phi) is 3.68. The molecule has 1 aliphatic rings. The van der Waals surface area contributed by atoms with Gasteiger partial charge in [0.15, 0.2) is 5.82 Å². The smallest absolute Gasteiger partial charge is 0.229 e. The second kappa shape index (κ2) is 6.01. The number of benzene rings is 2. The molecule has 6 nitrogen and oxygen atoms in total. The van der Waals surface area contributed by atoms with Crippen LogP contribution in [-0.2, 0) is 9.59 Å². The number of para-hydroxylation sites is 1. The van der Waals surface area contributed by atoms with Gasteiger partial charge in [0.25, 0.3) is 0 Å². The zero-order valence-corrected chi connectivity index (χ0v) is 13.2. The van der Waals surface area contributed by atoms with E-state index in [1.165, 1.54) is 29.2 Å². The summed E-state index contributed by atoms with van der Waals surface area (Å²) in [6.07, 6.45) is 0.119. The maximum absolute atomic E-state index is 12.9. The summed E-state index contributed by atoms with van der Waals surface area (Å²) >= 11 is 0. The van der Waals surface area contributed by atoms with Crippen molar-refractivity contribution < 1.29 is 14.0 Å². The molecule has 0 bridgehead atoms. The van der Waals surface area contributed by atoms with Gasteiger partial charge in [-0.2, -0.15) is 5.10 Å². The fourth-order valence-electron chi connectivity index (χ4n) is 3.02. The molecule has 2 N–H and O–H groups in total. The lowest BCUT2D eigenvalue weighted by Crippen LogP contribution is -2.28. The molecule has 1 aromatic heterocycles. The topological polar surface area (TPSA) is 78.1 Å². The fourth-order valence-corrected chi connectivity index (χ4v) is 3.02. The van der Waals surface area contributed by atoms with Crippen LogP contribution in [0.3, 0.4) is 0 Å². The van der Waals surface area contributed by atoms with Gasteiger partial charge in [0.2, 0.25) is 11.8 Å². The van der Waals surface area contributed by atoms with E-state index in [0.717, 1.165) is 10.9 Å². The molecule has 1 fully saturated rings. The molecule has 0 aliphatic carbocycles. The summed E-state index contributed by atoms with van der Waals surface area (Å²) in [4.78, 5) is 26.3. The summed E-state index contributed by atoms with van der Waals surface area (Å²) in [5, 5.41) is 10.7. The van der Waals surface area contributed by atoms with Gasteiger partial charge < -0.3 is 5.32 Å². The molecule has 4 rings (SSSR count). The van der Waals surface area contributed by atoms with Gasteiger partial charge in [-0.15, -0.1) is 0 Å². The Balaban J connectivity index is 1.52. The molecule has 1 aliphatic heterocycles. The van der Waals surface area contributed by atoms with Crippen LogP contribution < -0.4 is 10.2 Å². The second-order valence-corrected chi connectivity index (χ2v) is 5.99. The van der Waals surface area contributed by atoms with E-state index in [1.807, 2.05) is 24.3 Å². The molecule has 7 heteroatoms. The van der Waals surface area contributed by atoms with E-state index in [1.54, 1.807) is 0 Å². The Morgan fingerprint density at radius 2 is 1.96 bits per heavy atom. The molecule has 1 atom stereocenters. The minimum Gasteiger partial charge on any atom is -0.326 e. The molecule has 0 radical (unpaired) electrons. The molecule has 0 saturated carbocycles. The van der Waals surface area contributed by atoms with Crippen molar-refractivity contribution in [2.45, 2.75) is 6.42 Å². The van der Waals surface area contributed by atoms with E-state index in [0.29, 0.717) is 11.5 Å². The van der Waals surface area contributed by atoms with Crippen molar-refractivity contribution in [3.63, 3.8) is 0 Å². The number of nitrogens with zero attached hydrogens (tertiary/aromatic N) is 2. The van der Waals surface area contributed by atoms with Crippen molar-refractivity contribution in [2.24, 2.45) is 5.92 Å². The number of carbonyl (C=O) groups is 2. The summed E-state index contributed by atoms with van der Waals surface area (Å²) in [5.41, 5.74) is 1.34. The first-order valence-electron chi connectivity index (χ1n) is 7.92. The predicted octanol–water partition coefficient (Wildman–Crippen LogP) is 2.69. The number of anilines is 2. The van der Waals surface area contributed by atoms with Gasteiger partial charge in [0, 0.05) is 24.0 Å². The highest BCUT2D eigenvalue weighted by molar-refractivity contribution is 6.06. The first-order valence-corrected chi connectivity index (χ1v) is 7.92. The van der Waals surface area contributed by atoms with Gasteiger partial charge in [0.05, 0.1) is 11.4 Å².